The third-order valence-corrected chi connectivity index (χ3v) is 2.22. The zero-order valence-electron chi connectivity index (χ0n) is 7.58. The van der Waals surface area contributed by atoms with Gasteiger partial charge in [-0.05, 0) is 6.92 Å². The second-order valence-corrected chi connectivity index (χ2v) is 3.26. The van der Waals surface area contributed by atoms with Crippen LogP contribution in [0, 0.1) is 0 Å². The predicted molar refractivity (Wildman–Crippen MR) is 47.1 cm³/mol. The van der Waals surface area contributed by atoms with E-state index in [9.17, 15) is 0 Å². The van der Waals surface area contributed by atoms with E-state index in [1.54, 1.807) is 0 Å². The largest absolute Gasteiger partial charge is 0.373 e. The molecule has 0 aromatic heterocycles. The summed E-state index contributed by atoms with van der Waals surface area (Å²) in [6, 6.07) is 0. The molecule has 2 heterocycles. The molecule has 0 radical (unpaired) electrons. The summed E-state index contributed by atoms with van der Waals surface area (Å²) in [7, 11) is 2.04. The van der Waals surface area contributed by atoms with E-state index >= 15 is 0 Å². The van der Waals surface area contributed by atoms with E-state index in [1.165, 1.54) is 11.4 Å². The minimum absolute atomic E-state index is 0.746. The van der Waals surface area contributed by atoms with Gasteiger partial charge in [-0.2, -0.15) is 0 Å². The monoisotopic (exact) mass is 166 g/mol. The molecule has 0 atom stereocenters. The molecular weight excluding hydrogens is 152 g/mol. The van der Waals surface area contributed by atoms with Crippen molar-refractivity contribution in [3.05, 3.63) is 23.8 Å². The van der Waals surface area contributed by atoms with Gasteiger partial charge in [-0.15, -0.1) is 0 Å². The average molecular weight is 166 g/mol. The van der Waals surface area contributed by atoms with Crippen molar-refractivity contribution >= 4 is 0 Å². The maximum absolute atomic E-state index is 5.37. The van der Waals surface area contributed by atoms with Gasteiger partial charge in [0, 0.05) is 31.7 Å². The summed E-state index contributed by atoms with van der Waals surface area (Å²) in [6.07, 6.45) is 4.25. The summed E-state index contributed by atoms with van der Waals surface area (Å²) in [5.41, 5.74) is 2.57. The van der Waals surface area contributed by atoms with Crippen molar-refractivity contribution < 1.29 is 4.74 Å². The highest BCUT2D eigenvalue weighted by Gasteiger charge is 2.19. The van der Waals surface area contributed by atoms with Gasteiger partial charge in [-0.1, -0.05) is 0 Å². The summed E-state index contributed by atoms with van der Waals surface area (Å²) in [4.78, 5) is 4.39. The van der Waals surface area contributed by atoms with Crippen LogP contribution in [0.5, 0.6) is 0 Å². The van der Waals surface area contributed by atoms with Crippen molar-refractivity contribution in [3.8, 4) is 0 Å². The Kier molecular flexibility index (Phi) is 1.81. The van der Waals surface area contributed by atoms with E-state index < -0.39 is 0 Å². The Morgan fingerprint density at radius 1 is 1.42 bits per heavy atom. The molecule has 0 bridgehead atoms. The van der Waals surface area contributed by atoms with Crippen LogP contribution in [0.1, 0.15) is 6.92 Å². The highest BCUT2D eigenvalue weighted by atomic mass is 16.5. The molecule has 0 spiro atoms. The lowest BCUT2D eigenvalue weighted by Gasteiger charge is -2.36. The van der Waals surface area contributed by atoms with E-state index in [-0.39, 0.29) is 0 Å². The number of allylic oxidation sites excluding steroid dienone is 1. The van der Waals surface area contributed by atoms with Crippen molar-refractivity contribution in [3.63, 3.8) is 0 Å². The topological polar surface area (TPSA) is 15.7 Å². The van der Waals surface area contributed by atoms with Crippen LogP contribution >= 0.6 is 0 Å². The van der Waals surface area contributed by atoms with Gasteiger partial charge in [0.2, 0.25) is 0 Å². The van der Waals surface area contributed by atoms with E-state index in [1.807, 2.05) is 7.05 Å². The third-order valence-electron chi connectivity index (χ3n) is 2.22. The fourth-order valence-electron chi connectivity index (χ4n) is 1.70. The van der Waals surface area contributed by atoms with Gasteiger partial charge in [-0.3, -0.25) is 0 Å². The van der Waals surface area contributed by atoms with Gasteiger partial charge < -0.3 is 14.5 Å². The summed E-state index contributed by atoms with van der Waals surface area (Å²) in [5, 5.41) is 0. The fraction of sp³-hybridized carbons (Fsp3) is 0.556. The zero-order valence-corrected chi connectivity index (χ0v) is 7.58. The smallest absolute Gasteiger partial charge is 0.0883 e. The fourth-order valence-corrected chi connectivity index (χ4v) is 1.70. The summed E-state index contributed by atoms with van der Waals surface area (Å²) in [6.45, 7) is 4.71. The Morgan fingerprint density at radius 2 is 2.25 bits per heavy atom. The lowest BCUT2D eigenvalue weighted by Crippen LogP contribution is -2.36. The maximum Gasteiger partial charge on any atom is 0.0883 e. The molecule has 1 fully saturated rings. The lowest BCUT2D eigenvalue weighted by molar-refractivity contribution is 0.0820. The molecule has 3 nitrogen and oxygen atoms in total. The molecule has 0 aliphatic carbocycles. The molecule has 2 rings (SSSR count). The quantitative estimate of drug-likeness (QED) is 0.533. The minimum Gasteiger partial charge on any atom is -0.373 e. The number of fused-ring (bicyclic) bond motifs is 1. The highest BCUT2D eigenvalue weighted by molar-refractivity contribution is 5.18. The van der Waals surface area contributed by atoms with Crippen LogP contribution in [0.2, 0.25) is 0 Å². The van der Waals surface area contributed by atoms with Crippen molar-refractivity contribution in [2.45, 2.75) is 6.92 Å². The van der Waals surface area contributed by atoms with Crippen LogP contribution in [0.4, 0.5) is 0 Å². The minimum atomic E-state index is 0.746. The molecule has 3 heteroatoms. The molecule has 0 aromatic rings. The number of morpholine rings is 1. The molecule has 0 N–H and O–H groups in total. The van der Waals surface area contributed by atoms with Crippen LogP contribution in [0.15, 0.2) is 23.8 Å². The van der Waals surface area contributed by atoms with Crippen molar-refractivity contribution in [1.29, 1.82) is 0 Å². The molecule has 0 unspecified atom stereocenters. The number of hydrogen-bond donors (Lipinski definition) is 0. The standard InChI is InChI=1S/C9H14N2O/c1-8-5-10(2)6-9-7-12-4-3-11(8)9/h5-6H,3-4,7H2,1-2H3. The molecule has 1 saturated heterocycles. The Balaban J connectivity index is 2.22. The summed E-state index contributed by atoms with van der Waals surface area (Å²) >= 11 is 0. The van der Waals surface area contributed by atoms with Gasteiger partial charge in [0.15, 0.2) is 0 Å². The maximum atomic E-state index is 5.37. The molecule has 0 amide bonds. The normalized spacial score (nSPS) is 23.2. The molecule has 0 saturated carbocycles. The van der Waals surface area contributed by atoms with E-state index in [2.05, 4.69) is 29.1 Å². The Hall–Kier alpha value is -0.960. The first-order valence-electron chi connectivity index (χ1n) is 4.24. The Bertz CT molecular complexity index is 245. The van der Waals surface area contributed by atoms with Crippen molar-refractivity contribution in [2.75, 3.05) is 26.8 Å². The molecule has 12 heavy (non-hydrogen) atoms. The Morgan fingerprint density at radius 3 is 3.08 bits per heavy atom. The summed E-state index contributed by atoms with van der Waals surface area (Å²) in [5.74, 6) is 0. The van der Waals surface area contributed by atoms with E-state index in [0.717, 1.165) is 19.8 Å². The summed E-state index contributed by atoms with van der Waals surface area (Å²) < 4.78 is 5.37. The van der Waals surface area contributed by atoms with Crippen LogP contribution in [0.3, 0.4) is 0 Å². The first kappa shape index (κ1) is 7.68. The van der Waals surface area contributed by atoms with Crippen LogP contribution in [0.25, 0.3) is 0 Å². The van der Waals surface area contributed by atoms with E-state index in [0.29, 0.717) is 0 Å². The number of rotatable bonds is 0. The Labute approximate surface area is 72.9 Å². The van der Waals surface area contributed by atoms with Crippen molar-refractivity contribution in [2.24, 2.45) is 0 Å². The van der Waals surface area contributed by atoms with E-state index in [4.69, 9.17) is 4.74 Å². The second kappa shape index (κ2) is 2.83. The highest BCUT2D eigenvalue weighted by Crippen LogP contribution is 2.21. The first-order valence-corrected chi connectivity index (χ1v) is 4.24. The third kappa shape index (κ3) is 1.20. The molecule has 0 aromatic carbocycles. The predicted octanol–water partition coefficient (Wildman–Crippen LogP) is 0.967. The SMILES string of the molecule is CC1=CN(C)C=C2COCCN12. The van der Waals surface area contributed by atoms with Crippen molar-refractivity contribution in [1.82, 2.24) is 9.80 Å². The molecule has 2 aliphatic heterocycles. The number of nitrogens with zero attached hydrogens (tertiary/aromatic N) is 2. The second-order valence-electron chi connectivity index (χ2n) is 3.26. The zero-order chi connectivity index (χ0) is 8.55. The van der Waals surface area contributed by atoms with Gasteiger partial charge >= 0.3 is 0 Å². The van der Waals surface area contributed by atoms with Crippen LogP contribution < -0.4 is 0 Å². The number of ether oxygens (including phenoxy) is 1. The average Bonchev–Trinajstić information content (AvgIpc) is 2.04. The first-order chi connectivity index (χ1) is 5.77. The lowest BCUT2D eigenvalue weighted by atomic mass is 10.2. The number of hydrogen-bond acceptors (Lipinski definition) is 3. The molecule has 2 aliphatic rings. The van der Waals surface area contributed by atoms with Gasteiger partial charge in [0.25, 0.3) is 0 Å². The van der Waals surface area contributed by atoms with Gasteiger partial charge in [-0.25, -0.2) is 0 Å². The van der Waals surface area contributed by atoms with Gasteiger partial charge in [0.1, 0.15) is 0 Å². The van der Waals surface area contributed by atoms with Gasteiger partial charge in [0.05, 0.1) is 18.9 Å². The molecule has 66 valence electrons. The van der Waals surface area contributed by atoms with Crippen LogP contribution in [-0.2, 0) is 4.74 Å². The van der Waals surface area contributed by atoms with Crippen LogP contribution in [-0.4, -0.2) is 36.6 Å². The molecular formula is C9H14N2O.